The summed E-state index contributed by atoms with van der Waals surface area (Å²) in [5.41, 5.74) is 0. The maximum atomic E-state index is 12.2. The molecule has 0 saturated carbocycles. The van der Waals surface area contributed by atoms with Crippen LogP contribution in [-0.4, -0.2) is 48.2 Å². The molecule has 0 aliphatic carbocycles. The molecule has 0 amide bonds. The minimum absolute atomic E-state index is 0.0448. The molecule has 0 aliphatic rings. The van der Waals surface area contributed by atoms with Gasteiger partial charge in [0.1, 0.15) is 0 Å². The first-order chi connectivity index (χ1) is 9.36. The lowest BCUT2D eigenvalue weighted by Crippen LogP contribution is -2.54. The lowest BCUT2D eigenvalue weighted by atomic mass is 10.1. The number of hydrogen-bond donors (Lipinski definition) is 0. The maximum Gasteiger partial charge on any atom is 0.335 e. The molecule has 0 aliphatic heterocycles. The molecule has 0 atom stereocenters. The van der Waals surface area contributed by atoms with Gasteiger partial charge < -0.3 is 9.47 Å². The van der Waals surface area contributed by atoms with E-state index in [4.69, 9.17) is 9.47 Å². The summed E-state index contributed by atoms with van der Waals surface area (Å²) in [5.74, 6) is -1.04. The molecular formula is C15H29NO4. The van der Waals surface area contributed by atoms with Crippen LogP contribution in [0.5, 0.6) is 0 Å². The topological polar surface area (TPSA) is 55.8 Å². The quantitative estimate of drug-likeness (QED) is 0.481. The molecule has 0 radical (unpaired) electrons. The number of rotatable bonds is 9. The van der Waals surface area contributed by atoms with E-state index in [0.717, 1.165) is 12.8 Å². The Kier molecular flexibility index (Phi) is 9.21. The molecule has 0 aromatic rings. The van der Waals surface area contributed by atoms with Crippen LogP contribution in [0.3, 0.4) is 0 Å². The Bertz CT molecular complexity index is 274. The van der Waals surface area contributed by atoms with Gasteiger partial charge in [0.15, 0.2) is 0 Å². The van der Waals surface area contributed by atoms with Crippen LogP contribution in [0.1, 0.15) is 54.4 Å². The van der Waals surface area contributed by atoms with Crippen molar-refractivity contribution in [1.82, 2.24) is 4.90 Å². The molecule has 0 rings (SSSR count). The summed E-state index contributed by atoms with van der Waals surface area (Å²) in [6.45, 7) is 12.3. The Balaban J connectivity index is 5.11. The molecule has 20 heavy (non-hydrogen) atoms. The molecule has 0 saturated heterocycles. The fourth-order valence-corrected chi connectivity index (χ4v) is 2.10. The third-order valence-corrected chi connectivity index (χ3v) is 2.83. The Morgan fingerprint density at radius 1 is 0.850 bits per heavy atom. The van der Waals surface area contributed by atoms with E-state index in [1.807, 2.05) is 46.4 Å². The van der Waals surface area contributed by atoms with Gasteiger partial charge in [-0.2, -0.15) is 0 Å². The summed E-state index contributed by atoms with van der Waals surface area (Å²) < 4.78 is 10.3. The highest BCUT2D eigenvalue weighted by atomic mass is 16.6. The van der Waals surface area contributed by atoms with Crippen molar-refractivity contribution in [3.05, 3.63) is 0 Å². The normalized spacial score (nSPS) is 11.5. The molecular weight excluding hydrogens is 258 g/mol. The summed E-state index contributed by atoms with van der Waals surface area (Å²) in [5, 5.41) is 0. The van der Waals surface area contributed by atoms with Gasteiger partial charge in [-0.3, -0.25) is 4.90 Å². The molecule has 0 unspecified atom stereocenters. The maximum absolute atomic E-state index is 12.2. The van der Waals surface area contributed by atoms with Gasteiger partial charge >= 0.3 is 11.9 Å². The number of carbonyl (C=O) groups is 2. The van der Waals surface area contributed by atoms with Crippen LogP contribution in [-0.2, 0) is 19.1 Å². The van der Waals surface area contributed by atoms with E-state index >= 15 is 0 Å². The van der Waals surface area contributed by atoms with E-state index in [0.29, 0.717) is 13.2 Å². The second-order valence-electron chi connectivity index (χ2n) is 5.37. The van der Waals surface area contributed by atoms with Crippen molar-refractivity contribution in [3.8, 4) is 0 Å². The lowest BCUT2D eigenvalue weighted by molar-refractivity contribution is -0.166. The van der Waals surface area contributed by atoms with Crippen molar-refractivity contribution in [2.24, 2.45) is 0 Å². The summed E-state index contributed by atoms with van der Waals surface area (Å²) >= 11 is 0. The average molecular weight is 287 g/mol. The van der Waals surface area contributed by atoms with Crippen molar-refractivity contribution in [2.75, 3.05) is 13.2 Å². The van der Waals surface area contributed by atoms with Gasteiger partial charge in [-0.1, -0.05) is 13.8 Å². The smallest absolute Gasteiger partial charge is 0.335 e. The number of ether oxygens (including phenoxy) is 2. The van der Waals surface area contributed by atoms with Crippen LogP contribution in [0.15, 0.2) is 0 Å². The van der Waals surface area contributed by atoms with Crippen LogP contribution >= 0.6 is 0 Å². The zero-order valence-electron chi connectivity index (χ0n) is 13.6. The van der Waals surface area contributed by atoms with Crippen molar-refractivity contribution in [2.45, 2.75) is 72.5 Å². The average Bonchev–Trinajstić information content (AvgIpc) is 2.38. The van der Waals surface area contributed by atoms with Gasteiger partial charge in [-0.25, -0.2) is 9.59 Å². The first kappa shape index (κ1) is 18.9. The largest absolute Gasteiger partial charge is 0.464 e. The monoisotopic (exact) mass is 287 g/mol. The summed E-state index contributed by atoms with van der Waals surface area (Å²) in [6, 6.07) is -0.889. The van der Waals surface area contributed by atoms with Gasteiger partial charge in [-0.05, 0) is 40.5 Å². The molecule has 5 nitrogen and oxygen atoms in total. The second kappa shape index (κ2) is 9.75. The first-order valence-corrected chi connectivity index (χ1v) is 7.47. The Morgan fingerprint density at radius 3 is 1.45 bits per heavy atom. The van der Waals surface area contributed by atoms with Crippen molar-refractivity contribution < 1.29 is 19.1 Å². The van der Waals surface area contributed by atoms with E-state index in [9.17, 15) is 9.59 Å². The van der Waals surface area contributed by atoms with Crippen molar-refractivity contribution in [3.63, 3.8) is 0 Å². The molecule has 0 fully saturated rings. The van der Waals surface area contributed by atoms with Crippen LogP contribution in [0.2, 0.25) is 0 Å². The predicted molar refractivity (Wildman–Crippen MR) is 78.4 cm³/mol. The van der Waals surface area contributed by atoms with Crippen molar-refractivity contribution >= 4 is 11.9 Å². The van der Waals surface area contributed by atoms with Gasteiger partial charge in [0.2, 0.25) is 6.04 Å². The van der Waals surface area contributed by atoms with Crippen LogP contribution in [0.25, 0.3) is 0 Å². The first-order valence-electron chi connectivity index (χ1n) is 7.47. The molecule has 0 N–H and O–H groups in total. The summed E-state index contributed by atoms with van der Waals surface area (Å²) in [6.07, 6.45) is 1.46. The summed E-state index contributed by atoms with van der Waals surface area (Å²) in [4.78, 5) is 26.2. The predicted octanol–water partition coefficient (Wildman–Crippen LogP) is 2.38. The van der Waals surface area contributed by atoms with Crippen molar-refractivity contribution in [1.29, 1.82) is 0 Å². The van der Waals surface area contributed by atoms with E-state index < -0.39 is 18.0 Å². The van der Waals surface area contributed by atoms with Gasteiger partial charge in [-0.15, -0.1) is 0 Å². The number of carbonyl (C=O) groups excluding carboxylic acids is 2. The Morgan fingerprint density at radius 2 is 1.20 bits per heavy atom. The molecule has 0 bridgehead atoms. The number of hydrogen-bond acceptors (Lipinski definition) is 5. The third-order valence-electron chi connectivity index (χ3n) is 2.83. The van der Waals surface area contributed by atoms with Crippen LogP contribution in [0, 0.1) is 0 Å². The number of esters is 2. The SMILES string of the molecule is CCCOC(=O)C(C(=O)OCCC)N(C(C)C)C(C)C. The fourth-order valence-electron chi connectivity index (χ4n) is 2.10. The van der Waals surface area contributed by atoms with E-state index in [1.165, 1.54) is 0 Å². The van der Waals surface area contributed by atoms with E-state index in [2.05, 4.69) is 0 Å². The summed E-state index contributed by atoms with van der Waals surface area (Å²) in [7, 11) is 0. The van der Waals surface area contributed by atoms with Gasteiger partial charge in [0, 0.05) is 12.1 Å². The zero-order chi connectivity index (χ0) is 15.7. The van der Waals surface area contributed by atoms with E-state index in [1.54, 1.807) is 0 Å². The zero-order valence-corrected chi connectivity index (χ0v) is 13.6. The molecule has 0 spiro atoms. The molecule has 5 heteroatoms. The highest BCUT2D eigenvalue weighted by molar-refractivity contribution is 5.99. The standard InChI is InChI=1S/C15H29NO4/c1-7-9-19-14(17)13(15(18)20-10-8-2)16(11(3)4)12(5)6/h11-13H,7-10H2,1-6H3. The Labute approximate surface area is 122 Å². The lowest BCUT2D eigenvalue weighted by Gasteiger charge is -2.35. The highest BCUT2D eigenvalue weighted by Crippen LogP contribution is 2.14. The van der Waals surface area contributed by atoms with Crippen LogP contribution < -0.4 is 0 Å². The number of nitrogens with zero attached hydrogens (tertiary/aromatic N) is 1. The van der Waals surface area contributed by atoms with Crippen LogP contribution in [0.4, 0.5) is 0 Å². The Hall–Kier alpha value is -1.10. The molecule has 0 aromatic heterocycles. The second-order valence-corrected chi connectivity index (χ2v) is 5.37. The minimum Gasteiger partial charge on any atom is -0.464 e. The van der Waals surface area contributed by atoms with Gasteiger partial charge in [0.25, 0.3) is 0 Å². The highest BCUT2D eigenvalue weighted by Gasteiger charge is 2.38. The molecule has 118 valence electrons. The van der Waals surface area contributed by atoms with E-state index in [-0.39, 0.29) is 12.1 Å². The molecule has 0 heterocycles. The minimum atomic E-state index is -0.979. The third kappa shape index (κ3) is 5.90. The van der Waals surface area contributed by atoms with Gasteiger partial charge in [0.05, 0.1) is 13.2 Å². The molecule has 0 aromatic carbocycles. The fraction of sp³-hybridized carbons (Fsp3) is 0.867.